The average molecular weight is 309 g/mol. The fourth-order valence-corrected chi connectivity index (χ4v) is 3.96. The lowest BCUT2D eigenvalue weighted by molar-refractivity contribution is -0.267. The van der Waals surface area contributed by atoms with Gasteiger partial charge in [0.15, 0.2) is 5.79 Å². The molecule has 1 saturated heterocycles. The van der Waals surface area contributed by atoms with Crippen LogP contribution in [0.3, 0.4) is 0 Å². The summed E-state index contributed by atoms with van der Waals surface area (Å²) in [5.74, 6) is -0.531. The Kier molecular flexibility index (Phi) is 6.21. The third-order valence-electron chi connectivity index (χ3n) is 5.06. The Bertz CT molecular complexity index is 401. The number of nitrogens with zero attached hydrogens (tertiary/aromatic N) is 1. The molecular weight excluding hydrogens is 278 g/mol. The van der Waals surface area contributed by atoms with Gasteiger partial charge in [0.1, 0.15) is 0 Å². The fraction of sp³-hybridized carbons (Fsp3) is 0.778. The highest BCUT2D eigenvalue weighted by Gasteiger charge is 2.46. The van der Waals surface area contributed by atoms with Crippen LogP contribution in [0.5, 0.6) is 0 Å². The lowest BCUT2D eigenvalue weighted by atomic mass is 9.82. The molecule has 1 heterocycles. The number of rotatable bonds is 7. The van der Waals surface area contributed by atoms with E-state index in [1.54, 1.807) is 0 Å². The number of hydrogen-bond acceptors (Lipinski definition) is 4. The second-order valence-electron chi connectivity index (χ2n) is 6.21. The maximum absolute atomic E-state index is 9.98. The van der Waals surface area contributed by atoms with E-state index < -0.39 is 5.79 Å². The molecule has 0 aromatic heterocycles. The smallest absolute Gasteiger partial charge is 0.171 e. The predicted octanol–water partition coefficient (Wildman–Crippen LogP) is 2.88. The van der Waals surface area contributed by atoms with Crippen LogP contribution in [0.2, 0.25) is 0 Å². The third kappa shape index (κ3) is 3.46. The molecule has 22 heavy (non-hydrogen) atoms. The monoisotopic (exact) mass is 309 g/mol. The first kappa shape index (κ1) is 17.7. The van der Waals surface area contributed by atoms with E-state index in [0.717, 1.165) is 32.2 Å². The molecule has 2 aliphatic rings. The molecule has 4 heteroatoms. The Balaban J connectivity index is 2.19. The molecule has 2 rings (SSSR count). The van der Waals surface area contributed by atoms with Crippen molar-refractivity contribution in [2.75, 3.05) is 26.4 Å². The summed E-state index contributed by atoms with van der Waals surface area (Å²) in [5, 5.41) is 9.98. The minimum absolute atomic E-state index is 0.0206. The summed E-state index contributed by atoms with van der Waals surface area (Å²) in [6.07, 6.45) is 12.4. The highest BCUT2D eigenvalue weighted by molar-refractivity contribution is 5.22. The van der Waals surface area contributed by atoms with Gasteiger partial charge in [-0.3, -0.25) is 4.90 Å². The number of likely N-dealkylation sites (tertiary alicyclic amines) is 1. The van der Waals surface area contributed by atoms with E-state index in [1.807, 2.05) is 13.8 Å². The molecule has 126 valence electrons. The minimum Gasteiger partial charge on any atom is -0.395 e. The highest BCUT2D eigenvalue weighted by atomic mass is 16.7. The van der Waals surface area contributed by atoms with E-state index >= 15 is 0 Å². The maximum atomic E-state index is 9.98. The first-order valence-electron chi connectivity index (χ1n) is 8.65. The molecule has 1 N–H and O–H groups in total. The number of piperidine rings is 1. The Hall–Kier alpha value is -0.680. The van der Waals surface area contributed by atoms with Crippen molar-refractivity contribution < 1.29 is 14.6 Å². The quantitative estimate of drug-likeness (QED) is 0.734. The first-order valence-corrected chi connectivity index (χ1v) is 8.65. The van der Waals surface area contributed by atoms with Crippen molar-refractivity contribution in [2.45, 2.75) is 63.8 Å². The summed E-state index contributed by atoms with van der Waals surface area (Å²) in [6, 6.07) is 0.0722. The van der Waals surface area contributed by atoms with Crippen LogP contribution in [0.25, 0.3) is 0 Å². The zero-order chi connectivity index (χ0) is 16.1. The maximum Gasteiger partial charge on any atom is 0.171 e. The normalized spacial score (nSPS) is 31.5. The van der Waals surface area contributed by atoms with Gasteiger partial charge in [-0.2, -0.15) is 0 Å². The summed E-state index contributed by atoms with van der Waals surface area (Å²) in [6.45, 7) is 8.54. The molecule has 0 radical (unpaired) electrons. The second kappa shape index (κ2) is 7.73. The molecule has 0 amide bonds. The van der Waals surface area contributed by atoms with E-state index in [9.17, 15) is 5.11 Å². The van der Waals surface area contributed by atoms with Crippen LogP contribution in [-0.2, 0) is 9.47 Å². The first-order chi connectivity index (χ1) is 10.7. The van der Waals surface area contributed by atoms with Gasteiger partial charge in [0.25, 0.3) is 0 Å². The van der Waals surface area contributed by atoms with Gasteiger partial charge in [0.05, 0.1) is 6.61 Å². The second-order valence-corrected chi connectivity index (χ2v) is 6.21. The van der Waals surface area contributed by atoms with E-state index in [4.69, 9.17) is 9.47 Å². The zero-order valence-corrected chi connectivity index (χ0v) is 14.3. The molecule has 0 spiro atoms. The highest BCUT2D eigenvalue weighted by Crippen LogP contribution is 2.39. The minimum atomic E-state index is -0.531. The van der Waals surface area contributed by atoms with E-state index in [2.05, 4.69) is 36.1 Å². The van der Waals surface area contributed by atoms with Crippen LogP contribution < -0.4 is 0 Å². The lowest BCUT2D eigenvalue weighted by Gasteiger charge is -2.52. The van der Waals surface area contributed by atoms with Crippen LogP contribution in [0.1, 0.15) is 46.5 Å². The summed E-state index contributed by atoms with van der Waals surface area (Å²) < 4.78 is 11.9. The van der Waals surface area contributed by atoms with Crippen molar-refractivity contribution >= 4 is 0 Å². The van der Waals surface area contributed by atoms with Crippen molar-refractivity contribution in [2.24, 2.45) is 0 Å². The Labute approximate surface area is 134 Å². The third-order valence-corrected chi connectivity index (χ3v) is 5.06. The van der Waals surface area contributed by atoms with Crippen LogP contribution in [0.15, 0.2) is 24.3 Å². The zero-order valence-electron chi connectivity index (χ0n) is 14.3. The van der Waals surface area contributed by atoms with E-state index in [0.29, 0.717) is 13.2 Å². The number of allylic oxidation sites excluding steroid dienone is 2. The predicted molar refractivity (Wildman–Crippen MR) is 88.7 cm³/mol. The summed E-state index contributed by atoms with van der Waals surface area (Å²) in [7, 11) is 0. The Morgan fingerprint density at radius 3 is 2.41 bits per heavy atom. The number of aliphatic hydroxyl groups is 1. The van der Waals surface area contributed by atoms with Crippen molar-refractivity contribution in [3.05, 3.63) is 24.3 Å². The van der Waals surface area contributed by atoms with Crippen LogP contribution in [0.4, 0.5) is 0 Å². The largest absolute Gasteiger partial charge is 0.395 e. The molecule has 0 saturated carbocycles. The molecule has 1 fully saturated rings. The van der Waals surface area contributed by atoms with Gasteiger partial charge in [-0.05, 0) is 26.7 Å². The van der Waals surface area contributed by atoms with Gasteiger partial charge in [-0.25, -0.2) is 0 Å². The molecular formula is C18H31NO3. The molecule has 0 bridgehead atoms. The van der Waals surface area contributed by atoms with Gasteiger partial charge in [-0.15, -0.1) is 0 Å². The SMILES string of the molecule is CCOC1(OCC)CCN([C@@]2(CC)C=CC=CC2)[C@H](CO)C1. The van der Waals surface area contributed by atoms with E-state index in [-0.39, 0.29) is 18.2 Å². The van der Waals surface area contributed by atoms with E-state index in [1.165, 1.54) is 0 Å². The van der Waals surface area contributed by atoms with Crippen LogP contribution in [-0.4, -0.2) is 53.7 Å². The molecule has 4 nitrogen and oxygen atoms in total. The van der Waals surface area contributed by atoms with Gasteiger partial charge >= 0.3 is 0 Å². The van der Waals surface area contributed by atoms with Gasteiger partial charge in [0, 0.05) is 44.2 Å². The molecule has 1 aliphatic heterocycles. The van der Waals surface area contributed by atoms with Crippen LogP contribution >= 0.6 is 0 Å². The Morgan fingerprint density at radius 2 is 1.91 bits per heavy atom. The average Bonchev–Trinajstić information content (AvgIpc) is 2.56. The molecule has 0 unspecified atom stereocenters. The van der Waals surface area contributed by atoms with Gasteiger partial charge in [0.2, 0.25) is 0 Å². The summed E-state index contributed by atoms with van der Waals surface area (Å²) in [5.41, 5.74) is 0.0206. The topological polar surface area (TPSA) is 41.9 Å². The molecule has 0 aromatic carbocycles. The fourth-order valence-electron chi connectivity index (χ4n) is 3.96. The Morgan fingerprint density at radius 1 is 1.18 bits per heavy atom. The number of hydrogen-bond donors (Lipinski definition) is 1. The molecule has 2 atom stereocenters. The van der Waals surface area contributed by atoms with Crippen molar-refractivity contribution in [3.63, 3.8) is 0 Å². The van der Waals surface area contributed by atoms with Gasteiger partial charge < -0.3 is 14.6 Å². The molecule has 1 aliphatic carbocycles. The lowest BCUT2D eigenvalue weighted by Crippen LogP contribution is -2.61. The van der Waals surface area contributed by atoms with Crippen LogP contribution in [0, 0.1) is 0 Å². The standard InChI is InChI=1S/C18H31NO3/c1-4-17(10-8-7-9-11-17)19-13-12-18(21-5-2,22-6-3)14-16(19)15-20/h7-10,16,20H,4-6,11-15H2,1-3H3/t16-,17-/m0/s1. The van der Waals surface area contributed by atoms with Crippen molar-refractivity contribution in [1.29, 1.82) is 0 Å². The summed E-state index contributed by atoms with van der Waals surface area (Å²) >= 11 is 0. The summed E-state index contributed by atoms with van der Waals surface area (Å²) in [4.78, 5) is 2.46. The van der Waals surface area contributed by atoms with Crippen molar-refractivity contribution in [1.82, 2.24) is 4.90 Å². The molecule has 0 aromatic rings. The van der Waals surface area contributed by atoms with Gasteiger partial charge in [-0.1, -0.05) is 31.2 Å². The van der Waals surface area contributed by atoms with Crippen molar-refractivity contribution in [3.8, 4) is 0 Å². The number of ether oxygens (including phenoxy) is 2. The number of aliphatic hydroxyl groups excluding tert-OH is 1.